The Morgan fingerprint density at radius 2 is 1.06 bits per heavy atom. The molecule has 0 aromatic heterocycles. The molecule has 2 N–H and O–H groups in total. The van der Waals surface area contributed by atoms with Crippen LogP contribution in [-0.4, -0.2) is 6.04 Å². The van der Waals surface area contributed by atoms with Gasteiger partial charge in [-0.25, -0.2) is 0 Å². The highest BCUT2D eigenvalue weighted by Gasteiger charge is 2.28. The van der Waals surface area contributed by atoms with Crippen molar-refractivity contribution in [3.63, 3.8) is 0 Å². The molecule has 0 saturated heterocycles. The van der Waals surface area contributed by atoms with Crippen LogP contribution in [0.5, 0.6) is 0 Å². The van der Waals surface area contributed by atoms with Crippen molar-refractivity contribution in [2.75, 3.05) is 0 Å². The zero-order valence-electron chi connectivity index (χ0n) is 11.5. The van der Waals surface area contributed by atoms with Crippen LogP contribution >= 0.6 is 0 Å². The van der Waals surface area contributed by atoms with Gasteiger partial charge in [0, 0.05) is 6.04 Å². The lowest BCUT2D eigenvalue weighted by molar-refractivity contribution is 0.166. The molecule has 0 radical (unpaired) electrons. The lowest BCUT2D eigenvalue weighted by atomic mass is 9.71. The maximum Gasteiger partial charge on any atom is 0.00390 e. The van der Waals surface area contributed by atoms with Crippen molar-refractivity contribution in [2.45, 2.75) is 78.2 Å². The van der Waals surface area contributed by atoms with Crippen molar-refractivity contribution in [3.8, 4) is 0 Å². The standard InChI is InChI=1S/C13H25N.C2H6/c1-10-2-4-11(5-3-10)12-6-8-13(14)9-7-12;1-2/h10-13H,2-9,14H2,1H3;1-2H3. The van der Waals surface area contributed by atoms with Gasteiger partial charge in [0.05, 0.1) is 0 Å². The van der Waals surface area contributed by atoms with Crippen LogP contribution in [-0.2, 0) is 0 Å². The topological polar surface area (TPSA) is 26.0 Å². The first-order valence-corrected chi connectivity index (χ1v) is 7.51. The fraction of sp³-hybridized carbons (Fsp3) is 1.00. The van der Waals surface area contributed by atoms with Crippen LogP contribution in [0.1, 0.15) is 72.1 Å². The van der Waals surface area contributed by atoms with E-state index in [1.54, 1.807) is 0 Å². The minimum atomic E-state index is 0.522. The molecule has 0 aromatic carbocycles. The van der Waals surface area contributed by atoms with Crippen LogP contribution in [0.25, 0.3) is 0 Å². The van der Waals surface area contributed by atoms with E-state index in [4.69, 9.17) is 5.73 Å². The molecule has 2 saturated carbocycles. The third-order valence-corrected chi connectivity index (χ3v) is 4.54. The van der Waals surface area contributed by atoms with Crippen molar-refractivity contribution >= 4 is 0 Å². The van der Waals surface area contributed by atoms with Crippen LogP contribution in [0.3, 0.4) is 0 Å². The summed E-state index contributed by atoms with van der Waals surface area (Å²) in [6, 6.07) is 0.522. The fourth-order valence-corrected chi connectivity index (χ4v) is 3.37. The van der Waals surface area contributed by atoms with E-state index in [-0.39, 0.29) is 0 Å². The van der Waals surface area contributed by atoms with E-state index in [9.17, 15) is 0 Å². The number of nitrogens with two attached hydrogens (primary N) is 1. The molecule has 2 fully saturated rings. The molecule has 1 nitrogen and oxygen atoms in total. The van der Waals surface area contributed by atoms with E-state index < -0.39 is 0 Å². The molecule has 1 heteroatoms. The van der Waals surface area contributed by atoms with Crippen molar-refractivity contribution in [2.24, 2.45) is 23.5 Å². The van der Waals surface area contributed by atoms with Crippen LogP contribution in [0.2, 0.25) is 0 Å². The van der Waals surface area contributed by atoms with Gasteiger partial charge in [-0.15, -0.1) is 0 Å². The molecule has 16 heavy (non-hydrogen) atoms. The Labute approximate surface area is 102 Å². The molecular weight excluding hydrogens is 194 g/mol. The zero-order chi connectivity index (χ0) is 12.0. The highest BCUT2D eigenvalue weighted by atomic mass is 14.6. The number of hydrogen-bond acceptors (Lipinski definition) is 1. The van der Waals surface area contributed by atoms with Gasteiger partial charge < -0.3 is 5.73 Å². The molecule has 0 aliphatic heterocycles. The molecule has 2 aliphatic rings. The van der Waals surface area contributed by atoms with Crippen LogP contribution in [0.4, 0.5) is 0 Å². The lowest BCUT2D eigenvalue weighted by Crippen LogP contribution is -2.31. The van der Waals surface area contributed by atoms with Crippen molar-refractivity contribution in [1.29, 1.82) is 0 Å². The summed E-state index contributed by atoms with van der Waals surface area (Å²) in [5, 5.41) is 0. The maximum absolute atomic E-state index is 5.95. The third-order valence-electron chi connectivity index (χ3n) is 4.54. The Morgan fingerprint density at radius 3 is 1.50 bits per heavy atom. The Kier molecular flexibility index (Phi) is 6.41. The average molecular weight is 225 g/mol. The molecule has 0 atom stereocenters. The van der Waals surface area contributed by atoms with E-state index >= 15 is 0 Å². The molecule has 0 unspecified atom stereocenters. The van der Waals surface area contributed by atoms with Crippen LogP contribution in [0, 0.1) is 17.8 Å². The first kappa shape index (κ1) is 14.0. The van der Waals surface area contributed by atoms with Crippen LogP contribution < -0.4 is 5.73 Å². The van der Waals surface area contributed by atoms with E-state index in [0.29, 0.717) is 6.04 Å². The van der Waals surface area contributed by atoms with Gasteiger partial charge in [-0.05, 0) is 56.3 Å². The summed E-state index contributed by atoms with van der Waals surface area (Å²) in [7, 11) is 0. The largest absolute Gasteiger partial charge is 0.328 e. The van der Waals surface area contributed by atoms with Crippen molar-refractivity contribution in [3.05, 3.63) is 0 Å². The second-order valence-electron chi connectivity index (χ2n) is 5.69. The Bertz CT molecular complexity index is 142. The van der Waals surface area contributed by atoms with Crippen LogP contribution in [0.15, 0.2) is 0 Å². The summed E-state index contributed by atoms with van der Waals surface area (Å²) in [4.78, 5) is 0. The van der Waals surface area contributed by atoms with Gasteiger partial charge in [0.25, 0.3) is 0 Å². The van der Waals surface area contributed by atoms with Gasteiger partial charge in [0.2, 0.25) is 0 Å². The lowest BCUT2D eigenvalue weighted by Gasteiger charge is -2.36. The summed E-state index contributed by atoms with van der Waals surface area (Å²) in [5.74, 6) is 3.08. The first-order valence-electron chi connectivity index (χ1n) is 7.51. The van der Waals surface area contributed by atoms with Gasteiger partial charge in [-0.2, -0.15) is 0 Å². The first-order chi connectivity index (χ1) is 7.75. The van der Waals surface area contributed by atoms with E-state index in [2.05, 4.69) is 6.92 Å². The third kappa shape index (κ3) is 4.08. The van der Waals surface area contributed by atoms with Gasteiger partial charge in [0.1, 0.15) is 0 Å². The smallest absolute Gasteiger partial charge is 0.00390 e. The molecule has 0 spiro atoms. The minimum absolute atomic E-state index is 0.522. The quantitative estimate of drug-likeness (QED) is 0.705. The maximum atomic E-state index is 5.95. The molecule has 2 aliphatic carbocycles. The molecule has 0 bridgehead atoms. The van der Waals surface area contributed by atoms with Gasteiger partial charge in [-0.1, -0.05) is 33.6 Å². The summed E-state index contributed by atoms with van der Waals surface area (Å²) >= 11 is 0. The van der Waals surface area contributed by atoms with Gasteiger partial charge >= 0.3 is 0 Å². The summed E-state index contributed by atoms with van der Waals surface area (Å²) in [5.41, 5.74) is 5.95. The Morgan fingerprint density at radius 1 is 0.688 bits per heavy atom. The highest BCUT2D eigenvalue weighted by molar-refractivity contribution is 4.82. The normalized spacial score (nSPS) is 39.8. The summed E-state index contributed by atoms with van der Waals surface area (Å²) in [6.07, 6.45) is 11.4. The van der Waals surface area contributed by atoms with Crippen molar-refractivity contribution < 1.29 is 0 Å². The molecule has 2 rings (SSSR count). The fourth-order valence-electron chi connectivity index (χ4n) is 3.37. The van der Waals surface area contributed by atoms with Crippen molar-refractivity contribution in [1.82, 2.24) is 0 Å². The predicted octanol–water partition coefficient (Wildman–Crippen LogP) is 4.36. The van der Waals surface area contributed by atoms with E-state index in [1.807, 2.05) is 13.8 Å². The highest BCUT2D eigenvalue weighted by Crippen LogP contribution is 2.39. The van der Waals surface area contributed by atoms with Gasteiger partial charge in [-0.3, -0.25) is 0 Å². The monoisotopic (exact) mass is 225 g/mol. The number of rotatable bonds is 1. The average Bonchev–Trinajstić information content (AvgIpc) is 2.34. The minimum Gasteiger partial charge on any atom is -0.328 e. The number of hydrogen-bond donors (Lipinski definition) is 1. The Hall–Kier alpha value is -0.0400. The molecule has 0 heterocycles. The Balaban J connectivity index is 0.000000606. The second kappa shape index (κ2) is 7.32. The molecule has 0 aromatic rings. The van der Waals surface area contributed by atoms with E-state index in [0.717, 1.165) is 17.8 Å². The molecular formula is C15H31N. The summed E-state index contributed by atoms with van der Waals surface area (Å²) in [6.45, 7) is 6.41. The second-order valence-corrected chi connectivity index (χ2v) is 5.69. The predicted molar refractivity (Wildman–Crippen MR) is 72.4 cm³/mol. The molecule has 96 valence electrons. The van der Waals surface area contributed by atoms with E-state index in [1.165, 1.54) is 51.4 Å². The molecule has 0 amide bonds. The zero-order valence-corrected chi connectivity index (χ0v) is 11.5. The van der Waals surface area contributed by atoms with Gasteiger partial charge in [0.15, 0.2) is 0 Å². The SMILES string of the molecule is CC.CC1CCC(C2CCC(N)CC2)CC1. The summed E-state index contributed by atoms with van der Waals surface area (Å²) < 4.78 is 0.